The summed E-state index contributed by atoms with van der Waals surface area (Å²) in [6.45, 7) is 0.710. The van der Waals surface area contributed by atoms with Gasteiger partial charge in [0.05, 0.1) is 19.8 Å². The summed E-state index contributed by atoms with van der Waals surface area (Å²) in [6, 6.07) is 3.97. The van der Waals surface area contributed by atoms with Gasteiger partial charge in [0, 0.05) is 19.1 Å². The van der Waals surface area contributed by atoms with Crippen LogP contribution in [0.4, 0.5) is 0 Å². The van der Waals surface area contributed by atoms with Crippen molar-refractivity contribution in [3.05, 3.63) is 23.8 Å². The van der Waals surface area contributed by atoms with Crippen molar-refractivity contribution < 1.29 is 22.7 Å². The number of ether oxygens (including phenoxy) is 2. The normalized spacial score (nSPS) is 18.8. The number of piperidine rings is 1. The van der Waals surface area contributed by atoms with E-state index in [4.69, 9.17) is 10.5 Å². The van der Waals surface area contributed by atoms with Crippen LogP contribution in [0.15, 0.2) is 23.1 Å². The molecule has 0 saturated carbocycles. The predicted molar refractivity (Wildman–Crippen MR) is 87.5 cm³/mol. The van der Waals surface area contributed by atoms with Gasteiger partial charge in [-0.1, -0.05) is 0 Å². The van der Waals surface area contributed by atoms with Gasteiger partial charge in [-0.15, -0.1) is 12.4 Å². The summed E-state index contributed by atoms with van der Waals surface area (Å²) in [7, 11) is -1.09. The number of methoxy groups -OCH3 is 2. The second-order valence-electron chi connectivity index (χ2n) is 5.12. The van der Waals surface area contributed by atoms with E-state index in [2.05, 4.69) is 4.74 Å². The molecule has 2 rings (SSSR count). The van der Waals surface area contributed by atoms with Gasteiger partial charge in [-0.05, 0) is 31.0 Å². The summed E-state index contributed by atoms with van der Waals surface area (Å²) in [6.07, 6.45) is 1.54. The van der Waals surface area contributed by atoms with Crippen LogP contribution in [0, 0.1) is 0 Å². The van der Waals surface area contributed by atoms with Gasteiger partial charge in [0.2, 0.25) is 10.0 Å². The van der Waals surface area contributed by atoms with Gasteiger partial charge in [0.15, 0.2) is 0 Å². The Bertz CT molecular complexity index is 665. The lowest BCUT2D eigenvalue weighted by atomic mass is 10.1. The van der Waals surface area contributed by atoms with Gasteiger partial charge in [-0.3, -0.25) is 0 Å². The number of nitrogens with two attached hydrogens (primary N) is 1. The molecular weight excluding hydrogens is 344 g/mol. The number of sulfonamides is 1. The monoisotopic (exact) mass is 364 g/mol. The third-order valence-electron chi connectivity index (χ3n) is 3.62. The Labute approximate surface area is 142 Å². The lowest BCUT2D eigenvalue weighted by molar-refractivity contribution is 0.0600. The molecule has 9 heteroatoms. The van der Waals surface area contributed by atoms with Crippen molar-refractivity contribution in [3.63, 3.8) is 0 Å². The van der Waals surface area contributed by atoms with Crippen LogP contribution in [0.5, 0.6) is 5.75 Å². The second-order valence-corrected chi connectivity index (χ2v) is 7.03. The van der Waals surface area contributed by atoms with Crippen molar-refractivity contribution in [1.82, 2.24) is 4.31 Å². The molecular formula is C14H21ClN2O5S. The van der Waals surface area contributed by atoms with E-state index in [1.807, 2.05) is 0 Å². The van der Waals surface area contributed by atoms with Gasteiger partial charge in [-0.25, -0.2) is 13.2 Å². The van der Waals surface area contributed by atoms with Crippen molar-refractivity contribution in [2.75, 3.05) is 27.3 Å². The molecule has 0 amide bonds. The number of halogens is 1. The van der Waals surface area contributed by atoms with Crippen LogP contribution in [0.25, 0.3) is 0 Å². The molecule has 1 aromatic carbocycles. The summed E-state index contributed by atoms with van der Waals surface area (Å²) < 4.78 is 36.6. The summed E-state index contributed by atoms with van der Waals surface area (Å²) >= 11 is 0. The Balaban J connectivity index is 0.00000264. The molecule has 0 bridgehead atoms. The molecule has 130 valence electrons. The molecule has 0 aliphatic carbocycles. The first-order chi connectivity index (χ1) is 10.4. The van der Waals surface area contributed by atoms with Crippen molar-refractivity contribution >= 4 is 28.4 Å². The quantitative estimate of drug-likeness (QED) is 0.801. The van der Waals surface area contributed by atoms with Gasteiger partial charge in [0.25, 0.3) is 0 Å². The fourth-order valence-electron chi connectivity index (χ4n) is 2.46. The number of benzene rings is 1. The highest BCUT2D eigenvalue weighted by Crippen LogP contribution is 2.29. The van der Waals surface area contributed by atoms with Crippen LogP contribution >= 0.6 is 12.4 Å². The molecule has 1 saturated heterocycles. The summed E-state index contributed by atoms with van der Waals surface area (Å²) in [4.78, 5) is 11.6. The standard InChI is InChI=1S/C14H20N2O5S.ClH/c1-20-12-8-10(14(17)21-2)5-6-13(12)22(18,19)16-7-3-4-11(15)9-16;/h5-6,8,11H,3-4,7,9,15H2,1-2H3;1H. The fourth-order valence-corrected chi connectivity index (χ4v) is 4.13. The number of nitrogens with zero attached hydrogens (tertiary/aromatic N) is 1. The number of hydrogen-bond donors (Lipinski definition) is 1. The van der Waals surface area contributed by atoms with E-state index in [1.54, 1.807) is 0 Å². The van der Waals surface area contributed by atoms with Crippen LogP contribution in [0.3, 0.4) is 0 Å². The van der Waals surface area contributed by atoms with Crippen molar-refractivity contribution in [3.8, 4) is 5.75 Å². The predicted octanol–water partition coefficient (Wildman–Crippen LogP) is 1.02. The largest absolute Gasteiger partial charge is 0.495 e. The average molecular weight is 365 g/mol. The van der Waals surface area contributed by atoms with E-state index < -0.39 is 16.0 Å². The lowest BCUT2D eigenvalue weighted by Gasteiger charge is -2.30. The maximum absolute atomic E-state index is 12.7. The summed E-state index contributed by atoms with van der Waals surface area (Å²) in [5.74, 6) is -0.440. The molecule has 0 aromatic heterocycles. The Morgan fingerprint density at radius 1 is 1.35 bits per heavy atom. The zero-order valence-electron chi connectivity index (χ0n) is 13.0. The highest BCUT2D eigenvalue weighted by atomic mass is 35.5. The molecule has 1 unspecified atom stereocenters. The van der Waals surface area contributed by atoms with E-state index in [0.29, 0.717) is 6.54 Å². The third-order valence-corrected chi connectivity index (χ3v) is 5.53. The van der Waals surface area contributed by atoms with Crippen molar-refractivity contribution in [2.45, 2.75) is 23.8 Å². The lowest BCUT2D eigenvalue weighted by Crippen LogP contribution is -2.45. The van der Waals surface area contributed by atoms with Crippen LogP contribution in [0.1, 0.15) is 23.2 Å². The molecule has 1 atom stereocenters. The van der Waals surface area contributed by atoms with E-state index in [1.165, 1.54) is 36.7 Å². The Morgan fingerprint density at radius 3 is 2.61 bits per heavy atom. The highest BCUT2D eigenvalue weighted by Gasteiger charge is 2.31. The molecule has 23 heavy (non-hydrogen) atoms. The van der Waals surface area contributed by atoms with Crippen molar-refractivity contribution in [2.24, 2.45) is 5.73 Å². The van der Waals surface area contributed by atoms with Crippen molar-refractivity contribution in [1.29, 1.82) is 0 Å². The highest BCUT2D eigenvalue weighted by molar-refractivity contribution is 7.89. The molecule has 1 heterocycles. The summed E-state index contributed by atoms with van der Waals surface area (Å²) in [5.41, 5.74) is 6.08. The van der Waals surface area contributed by atoms with E-state index >= 15 is 0 Å². The first-order valence-electron chi connectivity index (χ1n) is 6.92. The summed E-state index contributed by atoms with van der Waals surface area (Å²) in [5, 5.41) is 0. The number of esters is 1. The van der Waals surface area contributed by atoms with Crippen LogP contribution in [-0.2, 0) is 14.8 Å². The number of carbonyl (C=O) groups excluding carboxylic acids is 1. The Kier molecular flexibility index (Phi) is 6.82. The minimum Gasteiger partial charge on any atom is -0.495 e. The number of carbonyl (C=O) groups is 1. The number of rotatable bonds is 4. The molecule has 2 N–H and O–H groups in total. The first-order valence-corrected chi connectivity index (χ1v) is 8.36. The SMILES string of the molecule is COC(=O)c1ccc(S(=O)(=O)N2CCCC(N)C2)c(OC)c1.Cl. The molecule has 1 aromatic rings. The maximum Gasteiger partial charge on any atom is 0.337 e. The topological polar surface area (TPSA) is 98.9 Å². The first kappa shape index (κ1) is 19.7. The van der Waals surface area contributed by atoms with E-state index in [9.17, 15) is 13.2 Å². The van der Waals surface area contributed by atoms with Crippen LogP contribution in [0.2, 0.25) is 0 Å². The fraction of sp³-hybridized carbons (Fsp3) is 0.500. The Hall–Kier alpha value is -1.35. The molecule has 1 aliphatic heterocycles. The van der Waals surface area contributed by atoms with Gasteiger partial charge in [0.1, 0.15) is 10.6 Å². The molecule has 0 spiro atoms. The second kappa shape index (κ2) is 7.96. The average Bonchev–Trinajstić information content (AvgIpc) is 2.53. The van der Waals surface area contributed by atoms with E-state index in [-0.39, 0.29) is 41.2 Å². The Morgan fingerprint density at radius 2 is 2.04 bits per heavy atom. The molecule has 1 fully saturated rings. The molecule has 7 nitrogen and oxygen atoms in total. The van der Waals surface area contributed by atoms with Gasteiger partial charge >= 0.3 is 5.97 Å². The zero-order chi connectivity index (χ0) is 16.3. The van der Waals surface area contributed by atoms with E-state index in [0.717, 1.165) is 12.8 Å². The number of hydrogen-bond acceptors (Lipinski definition) is 6. The molecule has 1 aliphatic rings. The van der Waals surface area contributed by atoms with Crippen LogP contribution in [-0.4, -0.2) is 52.0 Å². The van der Waals surface area contributed by atoms with Gasteiger partial charge < -0.3 is 15.2 Å². The third kappa shape index (κ3) is 4.14. The minimum atomic E-state index is -3.71. The smallest absolute Gasteiger partial charge is 0.337 e. The maximum atomic E-state index is 12.7. The molecule has 0 radical (unpaired) electrons. The van der Waals surface area contributed by atoms with Gasteiger partial charge in [-0.2, -0.15) is 4.31 Å². The van der Waals surface area contributed by atoms with Crippen LogP contribution < -0.4 is 10.5 Å². The zero-order valence-corrected chi connectivity index (χ0v) is 14.7. The minimum absolute atomic E-state index is 0.